The van der Waals surface area contributed by atoms with Crippen LogP contribution >= 0.6 is 0 Å². The summed E-state index contributed by atoms with van der Waals surface area (Å²) in [6, 6.07) is 10.6. The maximum atomic E-state index is 4.17. The number of rotatable bonds is 9. The van der Waals surface area contributed by atoms with E-state index < -0.39 is 0 Å². The number of aryl methyl sites for hydroxylation is 1. The lowest BCUT2D eigenvalue weighted by molar-refractivity contribution is 0.704. The first-order valence-corrected chi connectivity index (χ1v) is 7.39. The highest BCUT2D eigenvalue weighted by atomic mass is 14.9. The molecule has 1 rings (SSSR count). The maximum Gasteiger partial charge on any atom is 0.0316 e. The van der Waals surface area contributed by atoms with Crippen molar-refractivity contribution in [1.82, 2.24) is 5.32 Å². The van der Waals surface area contributed by atoms with Crippen LogP contribution in [0.5, 0.6) is 0 Å². The molecule has 0 spiro atoms. The third-order valence-corrected chi connectivity index (χ3v) is 3.26. The van der Waals surface area contributed by atoms with Crippen molar-refractivity contribution < 1.29 is 0 Å². The lowest BCUT2D eigenvalue weighted by Gasteiger charge is -2.11. The first kappa shape index (κ1) is 16.2. The first-order valence-electron chi connectivity index (χ1n) is 7.39. The summed E-state index contributed by atoms with van der Waals surface area (Å²) < 4.78 is 0. The summed E-state index contributed by atoms with van der Waals surface area (Å²) >= 11 is 0. The molecule has 0 aromatic heterocycles. The summed E-state index contributed by atoms with van der Waals surface area (Å²) in [5.74, 6) is 0. The van der Waals surface area contributed by atoms with Gasteiger partial charge in [0, 0.05) is 24.7 Å². The molecule has 0 aliphatic rings. The van der Waals surface area contributed by atoms with Gasteiger partial charge in [-0.25, -0.2) is 0 Å². The minimum Gasteiger partial charge on any atom is -0.388 e. The van der Waals surface area contributed by atoms with Crippen LogP contribution in [0.1, 0.15) is 38.7 Å². The van der Waals surface area contributed by atoms with Crippen LogP contribution < -0.4 is 5.32 Å². The molecule has 0 heterocycles. The summed E-state index contributed by atoms with van der Waals surface area (Å²) in [4.78, 5) is 4.17. The molecule has 1 aromatic rings. The monoisotopic (exact) mass is 270 g/mol. The van der Waals surface area contributed by atoms with E-state index >= 15 is 0 Å². The van der Waals surface area contributed by atoms with Crippen LogP contribution in [-0.4, -0.2) is 12.8 Å². The van der Waals surface area contributed by atoms with Gasteiger partial charge in [-0.05, 0) is 37.3 Å². The zero-order chi connectivity index (χ0) is 14.6. The van der Waals surface area contributed by atoms with Gasteiger partial charge in [0.1, 0.15) is 0 Å². The van der Waals surface area contributed by atoms with E-state index in [-0.39, 0.29) is 0 Å². The van der Waals surface area contributed by atoms with Gasteiger partial charge >= 0.3 is 0 Å². The highest BCUT2D eigenvalue weighted by molar-refractivity contribution is 5.79. The van der Waals surface area contributed by atoms with Crippen LogP contribution in [0.3, 0.4) is 0 Å². The first-order chi connectivity index (χ1) is 9.77. The highest BCUT2D eigenvalue weighted by Crippen LogP contribution is 2.11. The van der Waals surface area contributed by atoms with Gasteiger partial charge in [0.25, 0.3) is 0 Å². The van der Waals surface area contributed by atoms with E-state index in [2.05, 4.69) is 61.1 Å². The molecule has 108 valence electrons. The zero-order valence-electron chi connectivity index (χ0n) is 12.7. The van der Waals surface area contributed by atoms with Crippen molar-refractivity contribution in [2.45, 2.75) is 39.5 Å². The molecule has 0 radical (unpaired) electrons. The predicted molar refractivity (Wildman–Crippen MR) is 89.1 cm³/mol. The second-order valence-electron chi connectivity index (χ2n) is 4.88. The van der Waals surface area contributed by atoms with E-state index in [9.17, 15) is 0 Å². The Morgan fingerprint density at radius 2 is 2.05 bits per heavy atom. The third-order valence-electron chi connectivity index (χ3n) is 3.26. The molecule has 1 N–H and O–H groups in total. The number of hydrogen-bond donors (Lipinski definition) is 1. The summed E-state index contributed by atoms with van der Waals surface area (Å²) in [6.45, 7) is 9.01. The largest absolute Gasteiger partial charge is 0.388 e. The molecule has 0 atom stereocenters. The number of unbranched alkanes of at least 4 members (excludes halogenated alkanes) is 1. The van der Waals surface area contributed by atoms with Gasteiger partial charge in [0.2, 0.25) is 0 Å². The Hall–Kier alpha value is -1.83. The van der Waals surface area contributed by atoms with Crippen LogP contribution in [-0.2, 0) is 6.42 Å². The molecule has 0 bridgehead atoms. The molecular formula is C18H26N2. The Bertz CT molecular complexity index is 444. The summed E-state index contributed by atoms with van der Waals surface area (Å²) in [5.41, 5.74) is 3.84. The molecule has 0 saturated carbocycles. The fraction of sp³-hybridized carbons (Fsp3) is 0.389. The van der Waals surface area contributed by atoms with E-state index in [0.29, 0.717) is 0 Å². The summed E-state index contributed by atoms with van der Waals surface area (Å²) in [5, 5.41) is 3.48. The van der Waals surface area contributed by atoms with Crippen molar-refractivity contribution in [2.75, 3.05) is 6.54 Å². The van der Waals surface area contributed by atoms with Crippen LogP contribution in [0.15, 0.2) is 59.4 Å². The van der Waals surface area contributed by atoms with Gasteiger partial charge < -0.3 is 5.32 Å². The van der Waals surface area contributed by atoms with Crippen molar-refractivity contribution in [1.29, 1.82) is 0 Å². The molecule has 2 heteroatoms. The van der Waals surface area contributed by atoms with E-state index in [4.69, 9.17) is 0 Å². The third kappa shape index (κ3) is 6.37. The van der Waals surface area contributed by atoms with Crippen molar-refractivity contribution in [3.8, 4) is 0 Å². The van der Waals surface area contributed by atoms with E-state index in [1.165, 1.54) is 29.7 Å². The fourth-order valence-corrected chi connectivity index (χ4v) is 1.98. The van der Waals surface area contributed by atoms with Crippen molar-refractivity contribution in [2.24, 2.45) is 4.99 Å². The number of nitrogens with zero attached hydrogens (tertiary/aromatic N) is 1. The van der Waals surface area contributed by atoms with Gasteiger partial charge in [0.15, 0.2) is 0 Å². The van der Waals surface area contributed by atoms with Crippen molar-refractivity contribution in [3.63, 3.8) is 0 Å². The lowest BCUT2D eigenvalue weighted by atomic mass is 10.0. The molecule has 0 amide bonds. The molecule has 0 unspecified atom stereocenters. The SMILES string of the molecule is C=C/N=C\C(CCc1ccccc1)=C(/C)NCCCC. The molecular weight excluding hydrogens is 244 g/mol. The molecule has 1 aromatic carbocycles. The smallest absolute Gasteiger partial charge is 0.0316 e. The van der Waals surface area contributed by atoms with Gasteiger partial charge in [-0.2, -0.15) is 0 Å². The van der Waals surface area contributed by atoms with E-state index in [0.717, 1.165) is 19.4 Å². The van der Waals surface area contributed by atoms with E-state index in [1.54, 1.807) is 6.20 Å². The average Bonchev–Trinajstić information content (AvgIpc) is 2.48. The summed E-state index contributed by atoms with van der Waals surface area (Å²) in [6.07, 6.45) is 7.94. The number of nitrogens with one attached hydrogen (secondary N) is 1. The molecule has 0 aliphatic carbocycles. The van der Waals surface area contributed by atoms with Crippen molar-refractivity contribution >= 4 is 6.21 Å². The summed E-state index contributed by atoms with van der Waals surface area (Å²) in [7, 11) is 0. The second-order valence-corrected chi connectivity index (χ2v) is 4.88. The Labute approximate surface area is 123 Å². The molecule has 0 fully saturated rings. The zero-order valence-corrected chi connectivity index (χ0v) is 12.7. The fourth-order valence-electron chi connectivity index (χ4n) is 1.98. The van der Waals surface area contributed by atoms with Crippen LogP contribution in [0, 0.1) is 0 Å². The Kier molecular flexibility index (Phi) is 8.13. The number of aliphatic imine (C=N–C) groups is 1. The minimum atomic E-state index is 0.992. The predicted octanol–water partition coefficient (Wildman–Crippen LogP) is 4.50. The van der Waals surface area contributed by atoms with Crippen LogP contribution in [0.4, 0.5) is 0 Å². The molecule has 20 heavy (non-hydrogen) atoms. The highest BCUT2D eigenvalue weighted by Gasteiger charge is 2.01. The maximum absolute atomic E-state index is 4.17. The molecule has 0 aliphatic heterocycles. The van der Waals surface area contributed by atoms with Gasteiger partial charge in [-0.1, -0.05) is 50.3 Å². The topological polar surface area (TPSA) is 24.4 Å². The molecule has 0 saturated heterocycles. The van der Waals surface area contributed by atoms with Gasteiger partial charge in [-0.15, -0.1) is 0 Å². The van der Waals surface area contributed by atoms with Crippen molar-refractivity contribution in [3.05, 3.63) is 59.9 Å². The van der Waals surface area contributed by atoms with Gasteiger partial charge in [-0.3, -0.25) is 4.99 Å². The Morgan fingerprint density at radius 3 is 2.70 bits per heavy atom. The number of benzene rings is 1. The van der Waals surface area contributed by atoms with Gasteiger partial charge in [0.05, 0.1) is 0 Å². The molecule has 2 nitrogen and oxygen atoms in total. The van der Waals surface area contributed by atoms with Crippen LogP contribution in [0.2, 0.25) is 0 Å². The standard InChI is InChI=1S/C18H26N2/c1-4-6-14-20-16(3)18(15-19-5-2)13-12-17-10-8-7-9-11-17/h5,7-11,15,20H,2,4,6,12-14H2,1,3H3/b18-16+,19-15-. The minimum absolute atomic E-state index is 0.992. The number of hydrogen-bond acceptors (Lipinski definition) is 2. The average molecular weight is 270 g/mol. The Balaban J connectivity index is 2.65. The Morgan fingerprint density at radius 1 is 1.30 bits per heavy atom. The van der Waals surface area contributed by atoms with E-state index in [1.807, 2.05) is 6.21 Å². The van der Waals surface area contributed by atoms with Crippen LogP contribution in [0.25, 0.3) is 0 Å². The second kappa shape index (κ2) is 10.0. The number of allylic oxidation sites excluding steroid dienone is 2. The quantitative estimate of drug-likeness (QED) is 0.518. The lowest BCUT2D eigenvalue weighted by Crippen LogP contribution is -2.15. The normalized spacial score (nSPS) is 12.3.